The van der Waals surface area contributed by atoms with E-state index in [4.69, 9.17) is 4.42 Å². The van der Waals surface area contributed by atoms with Gasteiger partial charge in [0, 0.05) is 24.5 Å². The molecule has 120 valence electrons. The third-order valence-corrected chi connectivity index (χ3v) is 6.32. The molecule has 0 spiro atoms. The van der Waals surface area contributed by atoms with E-state index in [1.54, 1.807) is 22.5 Å². The summed E-state index contributed by atoms with van der Waals surface area (Å²) in [4.78, 5) is 2.48. The SMILES string of the molecule is CCC1CN(C)CCCN1S(=O)(=O)c1cccc2ccoc12. The molecule has 1 atom stereocenters. The van der Waals surface area contributed by atoms with Crippen molar-refractivity contribution in [3.63, 3.8) is 0 Å². The lowest BCUT2D eigenvalue weighted by molar-refractivity contribution is 0.270. The Kier molecular flexibility index (Phi) is 4.25. The van der Waals surface area contributed by atoms with Gasteiger partial charge in [-0.1, -0.05) is 19.1 Å². The monoisotopic (exact) mass is 322 g/mol. The average Bonchev–Trinajstić information content (AvgIpc) is 2.89. The second-order valence-electron chi connectivity index (χ2n) is 5.89. The lowest BCUT2D eigenvalue weighted by atomic mass is 10.2. The van der Waals surface area contributed by atoms with Gasteiger partial charge in [0.2, 0.25) is 10.0 Å². The van der Waals surface area contributed by atoms with Gasteiger partial charge in [0.1, 0.15) is 4.90 Å². The quantitative estimate of drug-likeness (QED) is 0.871. The molecule has 0 aliphatic carbocycles. The van der Waals surface area contributed by atoms with Gasteiger partial charge in [-0.15, -0.1) is 0 Å². The van der Waals surface area contributed by atoms with Gasteiger partial charge in [-0.3, -0.25) is 0 Å². The third-order valence-electron chi connectivity index (χ3n) is 4.35. The molecule has 5 nitrogen and oxygen atoms in total. The molecule has 1 unspecified atom stereocenters. The third kappa shape index (κ3) is 2.66. The van der Waals surface area contributed by atoms with Crippen LogP contribution in [0, 0.1) is 0 Å². The molecule has 0 saturated carbocycles. The highest BCUT2D eigenvalue weighted by atomic mass is 32.2. The van der Waals surface area contributed by atoms with Gasteiger partial charge in [0.05, 0.1) is 6.26 Å². The van der Waals surface area contributed by atoms with Crippen molar-refractivity contribution >= 4 is 21.0 Å². The van der Waals surface area contributed by atoms with Crippen LogP contribution in [0.4, 0.5) is 0 Å². The molecule has 6 heteroatoms. The van der Waals surface area contributed by atoms with E-state index in [1.165, 1.54) is 6.26 Å². The number of hydrogen-bond donors (Lipinski definition) is 0. The van der Waals surface area contributed by atoms with E-state index in [1.807, 2.05) is 20.0 Å². The largest absolute Gasteiger partial charge is 0.463 e. The van der Waals surface area contributed by atoms with Crippen molar-refractivity contribution < 1.29 is 12.8 Å². The van der Waals surface area contributed by atoms with Crippen LogP contribution >= 0.6 is 0 Å². The fraction of sp³-hybridized carbons (Fsp3) is 0.500. The zero-order chi connectivity index (χ0) is 15.7. The summed E-state index contributed by atoms with van der Waals surface area (Å²) in [6.07, 6.45) is 3.19. The fourth-order valence-electron chi connectivity index (χ4n) is 3.17. The lowest BCUT2D eigenvalue weighted by Crippen LogP contribution is -2.43. The van der Waals surface area contributed by atoms with Crippen LogP contribution < -0.4 is 0 Å². The summed E-state index contributed by atoms with van der Waals surface area (Å²) in [5.41, 5.74) is 0.454. The van der Waals surface area contributed by atoms with Crippen LogP contribution in [0.5, 0.6) is 0 Å². The first-order valence-electron chi connectivity index (χ1n) is 7.70. The van der Waals surface area contributed by atoms with Crippen molar-refractivity contribution in [2.75, 3.05) is 26.7 Å². The number of fused-ring (bicyclic) bond motifs is 1. The molecule has 3 rings (SSSR count). The summed E-state index contributed by atoms with van der Waals surface area (Å²) in [6, 6.07) is 7.08. The van der Waals surface area contributed by atoms with E-state index in [0.717, 1.165) is 31.3 Å². The van der Waals surface area contributed by atoms with E-state index in [-0.39, 0.29) is 10.9 Å². The summed E-state index contributed by atoms with van der Waals surface area (Å²) >= 11 is 0. The lowest BCUT2D eigenvalue weighted by Gasteiger charge is -2.29. The van der Waals surface area contributed by atoms with Crippen LogP contribution in [0.15, 0.2) is 39.8 Å². The molecule has 2 aromatic rings. The predicted octanol–water partition coefficient (Wildman–Crippen LogP) is 2.54. The Hall–Kier alpha value is -1.37. The van der Waals surface area contributed by atoms with Gasteiger partial charge < -0.3 is 9.32 Å². The summed E-state index contributed by atoms with van der Waals surface area (Å²) in [5.74, 6) is 0. The van der Waals surface area contributed by atoms with Crippen LogP contribution in [0.3, 0.4) is 0 Å². The normalized spacial score (nSPS) is 22.0. The fourth-order valence-corrected chi connectivity index (χ4v) is 5.05. The number of rotatable bonds is 3. The molecule has 0 N–H and O–H groups in total. The summed E-state index contributed by atoms with van der Waals surface area (Å²) in [6.45, 7) is 4.29. The van der Waals surface area contributed by atoms with Gasteiger partial charge >= 0.3 is 0 Å². The van der Waals surface area contributed by atoms with E-state index in [0.29, 0.717) is 12.1 Å². The summed E-state index contributed by atoms with van der Waals surface area (Å²) < 4.78 is 33.4. The Labute approximate surface area is 131 Å². The Bertz CT molecular complexity index is 754. The minimum absolute atomic E-state index is 0.00252. The Balaban J connectivity index is 2.06. The highest BCUT2D eigenvalue weighted by Gasteiger charge is 2.34. The zero-order valence-electron chi connectivity index (χ0n) is 13.0. The number of hydrogen-bond acceptors (Lipinski definition) is 4. The minimum atomic E-state index is -3.55. The molecule has 0 amide bonds. The van der Waals surface area contributed by atoms with Crippen LogP contribution in [0.25, 0.3) is 11.0 Å². The van der Waals surface area contributed by atoms with Crippen LogP contribution in [-0.2, 0) is 10.0 Å². The number of nitrogens with zero attached hydrogens (tertiary/aromatic N) is 2. The van der Waals surface area contributed by atoms with Crippen molar-refractivity contribution in [1.29, 1.82) is 0 Å². The van der Waals surface area contributed by atoms with Crippen LogP contribution in [0.1, 0.15) is 19.8 Å². The van der Waals surface area contributed by atoms with Gasteiger partial charge in [-0.2, -0.15) is 4.31 Å². The maximum Gasteiger partial charge on any atom is 0.247 e. The van der Waals surface area contributed by atoms with Crippen LogP contribution in [0.2, 0.25) is 0 Å². The van der Waals surface area contributed by atoms with E-state index in [9.17, 15) is 8.42 Å². The summed E-state index contributed by atoms with van der Waals surface area (Å²) in [7, 11) is -1.51. The van der Waals surface area contributed by atoms with Crippen LogP contribution in [-0.4, -0.2) is 50.3 Å². The second kappa shape index (κ2) is 6.02. The van der Waals surface area contributed by atoms with Crippen molar-refractivity contribution in [2.24, 2.45) is 0 Å². The van der Waals surface area contributed by atoms with E-state index >= 15 is 0 Å². The van der Waals surface area contributed by atoms with Crippen molar-refractivity contribution in [3.05, 3.63) is 30.5 Å². The topological polar surface area (TPSA) is 53.8 Å². The molecule has 2 heterocycles. The molecule has 0 bridgehead atoms. The Morgan fingerprint density at radius 2 is 2.09 bits per heavy atom. The first kappa shape index (κ1) is 15.5. The molecule has 1 saturated heterocycles. The number of para-hydroxylation sites is 1. The first-order valence-corrected chi connectivity index (χ1v) is 9.14. The van der Waals surface area contributed by atoms with Gasteiger partial charge in [0.25, 0.3) is 0 Å². The second-order valence-corrected chi connectivity index (χ2v) is 7.75. The predicted molar refractivity (Wildman–Crippen MR) is 86.3 cm³/mol. The van der Waals surface area contributed by atoms with Crippen molar-refractivity contribution in [1.82, 2.24) is 9.21 Å². The number of likely N-dealkylation sites (N-methyl/N-ethyl adjacent to an activating group) is 1. The maximum absolute atomic E-state index is 13.2. The van der Waals surface area contributed by atoms with Crippen molar-refractivity contribution in [2.45, 2.75) is 30.7 Å². The number of benzene rings is 1. The molecule has 0 radical (unpaired) electrons. The molecule has 1 aliphatic rings. The maximum atomic E-state index is 13.2. The molecule has 22 heavy (non-hydrogen) atoms. The zero-order valence-corrected chi connectivity index (χ0v) is 13.8. The smallest absolute Gasteiger partial charge is 0.247 e. The van der Waals surface area contributed by atoms with Gasteiger partial charge in [-0.25, -0.2) is 8.42 Å². The number of furan rings is 1. The number of sulfonamides is 1. The molecule has 1 fully saturated rings. The van der Waals surface area contributed by atoms with Gasteiger partial charge in [0.15, 0.2) is 5.58 Å². The molecular formula is C16H22N2O3S. The van der Waals surface area contributed by atoms with E-state index in [2.05, 4.69) is 4.90 Å². The Morgan fingerprint density at radius 1 is 1.27 bits per heavy atom. The molecule has 1 aliphatic heterocycles. The molecular weight excluding hydrogens is 300 g/mol. The van der Waals surface area contributed by atoms with E-state index < -0.39 is 10.0 Å². The van der Waals surface area contributed by atoms with Crippen molar-refractivity contribution in [3.8, 4) is 0 Å². The highest BCUT2D eigenvalue weighted by molar-refractivity contribution is 7.89. The molecule has 1 aromatic heterocycles. The first-order chi connectivity index (χ1) is 10.5. The standard InChI is InChI=1S/C16H22N2O3S/c1-3-14-12-17(2)9-5-10-18(14)22(19,20)15-7-4-6-13-8-11-21-16(13)15/h4,6-8,11,14H,3,5,9-10,12H2,1-2H3. The Morgan fingerprint density at radius 3 is 2.86 bits per heavy atom. The minimum Gasteiger partial charge on any atom is -0.463 e. The highest BCUT2D eigenvalue weighted by Crippen LogP contribution is 2.29. The average molecular weight is 322 g/mol. The van der Waals surface area contributed by atoms with Gasteiger partial charge in [-0.05, 0) is 38.6 Å². The summed E-state index contributed by atoms with van der Waals surface area (Å²) in [5, 5.41) is 0.820. The molecule has 1 aromatic carbocycles.